The number of rotatable bonds is 4. The van der Waals surface area contributed by atoms with Crippen molar-refractivity contribution in [1.29, 1.82) is 0 Å². The molecule has 0 spiro atoms. The van der Waals surface area contributed by atoms with Crippen LogP contribution < -0.4 is 15.5 Å². The highest BCUT2D eigenvalue weighted by atomic mass is 16.2. The van der Waals surface area contributed by atoms with Crippen molar-refractivity contribution in [3.05, 3.63) is 11.8 Å². The molecule has 3 N–H and O–H groups in total. The fourth-order valence-electron chi connectivity index (χ4n) is 1.84. The van der Waals surface area contributed by atoms with Gasteiger partial charge in [-0.3, -0.25) is 19.6 Å². The summed E-state index contributed by atoms with van der Waals surface area (Å²) in [5.74, 6) is 0.642. The monoisotopic (exact) mass is 251 g/mol. The van der Waals surface area contributed by atoms with Gasteiger partial charge in [0.2, 0.25) is 11.8 Å². The predicted octanol–water partition coefficient (Wildman–Crippen LogP) is -0.975. The number of anilines is 1. The maximum Gasteiger partial charge on any atom is 0.242 e. The van der Waals surface area contributed by atoms with Crippen molar-refractivity contribution in [3.8, 4) is 0 Å². The first kappa shape index (κ1) is 12.6. The number of hydrogen-bond donors (Lipinski definition) is 3. The maximum atomic E-state index is 11.7. The number of piperazine rings is 1. The van der Waals surface area contributed by atoms with Crippen molar-refractivity contribution in [2.75, 3.05) is 31.6 Å². The first-order valence-corrected chi connectivity index (χ1v) is 5.96. The van der Waals surface area contributed by atoms with Gasteiger partial charge in [-0.15, -0.1) is 0 Å². The standard InChI is InChI=1S/C11H17N5O2/c1-12-10(17)3-2-8-6-9(15-14-8)16-5-4-13-7-11(16)18/h6,13H,2-5,7H2,1H3,(H,12,17)(H,14,15). The Hall–Kier alpha value is -1.89. The number of aromatic amines is 1. The fraction of sp³-hybridized carbons (Fsp3) is 0.545. The molecule has 0 bridgehead atoms. The summed E-state index contributed by atoms with van der Waals surface area (Å²) in [6.07, 6.45) is 1.00. The van der Waals surface area contributed by atoms with E-state index in [4.69, 9.17) is 0 Å². The molecule has 1 aliphatic rings. The topological polar surface area (TPSA) is 90.1 Å². The SMILES string of the molecule is CNC(=O)CCc1cc(N2CCNCC2=O)n[nH]1. The molecule has 1 aromatic heterocycles. The van der Waals surface area contributed by atoms with Gasteiger partial charge in [0.15, 0.2) is 5.82 Å². The van der Waals surface area contributed by atoms with Crippen molar-refractivity contribution < 1.29 is 9.59 Å². The van der Waals surface area contributed by atoms with Gasteiger partial charge in [0, 0.05) is 38.3 Å². The zero-order valence-corrected chi connectivity index (χ0v) is 10.3. The van der Waals surface area contributed by atoms with Crippen LogP contribution in [0.5, 0.6) is 0 Å². The average molecular weight is 251 g/mol. The van der Waals surface area contributed by atoms with Crippen LogP contribution in [0.15, 0.2) is 6.07 Å². The molecule has 1 fully saturated rings. The van der Waals surface area contributed by atoms with Crippen LogP contribution in [-0.2, 0) is 16.0 Å². The van der Waals surface area contributed by atoms with Crippen LogP contribution in [0.25, 0.3) is 0 Å². The number of amides is 2. The first-order valence-electron chi connectivity index (χ1n) is 5.96. The molecule has 7 nitrogen and oxygen atoms in total. The lowest BCUT2D eigenvalue weighted by Crippen LogP contribution is -2.48. The Morgan fingerprint density at radius 2 is 2.44 bits per heavy atom. The number of H-pyrrole nitrogens is 1. The Morgan fingerprint density at radius 1 is 1.61 bits per heavy atom. The zero-order valence-electron chi connectivity index (χ0n) is 10.3. The predicted molar refractivity (Wildman–Crippen MR) is 66.2 cm³/mol. The molecule has 1 aromatic rings. The lowest BCUT2D eigenvalue weighted by molar-refractivity contribution is -0.120. The molecule has 2 heterocycles. The Bertz CT molecular complexity index is 442. The molecule has 7 heteroatoms. The molecule has 2 amide bonds. The molecule has 18 heavy (non-hydrogen) atoms. The molecule has 2 rings (SSSR count). The van der Waals surface area contributed by atoms with E-state index in [1.54, 1.807) is 11.9 Å². The van der Waals surface area contributed by atoms with Crippen LogP contribution in [0.2, 0.25) is 0 Å². The molecule has 0 atom stereocenters. The van der Waals surface area contributed by atoms with Gasteiger partial charge in [0.1, 0.15) is 0 Å². The van der Waals surface area contributed by atoms with Gasteiger partial charge >= 0.3 is 0 Å². The van der Waals surface area contributed by atoms with Gasteiger partial charge in [0.25, 0.3) is 0 Å². The number of aromatic nitrogens is 2. The highest BCUT2D eigenvalue weighted by Gasteiger charge is 2.21. The molecule has 0 aromatic carbocycles. The molecule has 98 valence electrons. The summed E-state index contributed by atoms with van der Waals surface area (Å²) in [5.41, 5.74) is 0.861. The van der Waals surface area contributed by atoms with Crippen molar-refractivity contribution >= 4 is 17.6 Å². The van der Waals surface area contributed by atoms with E-state index in [1.165, 1.54) is 0 Å². The van der Waals surface area contributed by atoms with E-state index in [2.05, 4.69) is 20.8 Å². The van der Waals surface area contributed by atoms with Crippen LogP contribution in [0.3, 0.4) is 0 Å². The second-order valence-corrected chi connectivity index (χ2v) is 4.15. The van der Waals surface area contributed by atoms with Crippen molar-refractivity contribution in [1.82, 2.24) is 20.8 Å². The van der Waals surface area contributed by atoms with Gasteiger partial charge in [-0.25, -0.2) is 0 Å². The largest absolute Gasteiger partial charge is 0.359 e. The van der Waals surface area contributed by atoms with Crippen LogP contribution in [0.1, 0.15) is 12.1 Å². The van der Waals surface area contributed by atoms with E-state index in [1.807, 2.05) is 6.07 Å². The summed E-state index contributed by atoms with van der Waals surface area (Å²) in [6.45, 7) is 1.74. The lowest BCUT2D eigenvalue weighted by Gasteiger charge is -2.24. The quantitative estimate of drug-likeness (QED) is 0.642. The second kappa shape index (κ2) is 5.63. The van der Waals surface area contributed by atoms with Gasteiger partial charge in [-0.1, -0.05) is 0 Å². The summed E-state index contributed by atoms with van der Waals surface area (Å²) >= 11 is 0. The Morgan fingerprint density at radius 3 is 3.17 bits per heavy atom. The van der Waals surface area contributed by atoms with Gasteiger partial charge in [0.05, 0.1) is 6.54 Å². The minimum atomic E-state index is -0.00982. The molecule has 1 saturated heterocycles. The third-order valence-corrected chi connectivity index (χ3v) is 2.88. The number of aryl methyl sites for hydroxylation is 1. The van der Waals surface area contributed by atoms with Crippen LogP contribution in [0.4, 0.5) is 5.82 Å². The van der Waals surface area contributed by atoms with Crippen molar-refractivity contribution in [2.45, 2.75) is 12.8 Å². The number of nitrogens with zero attached hydrogens (tertiary/aromatic N) is 2. The zero-order chi connectivity index (χ0) is 13.0. The molecule has 0 saturated carbocycles. The molecule has 0 radical (unpaired) electrons. The van der Waals surface area contributed by atoms with E-state index in [0.29, 0.717) is 31.7 Å². The summed E-state index contributed by atoms with van der Waals surface area (Å²) in [7, 11) is 1.61. The number of nitrogens with one attached hydrogen (secondary N) is 3. The lowest BCUT2D eigenvalue weighted by atomic mass is 10.2. The molecule has 1 aliphatic heterocycles. The van der Waals surface area contributed by atoms with E-state index in [0.717, 1.165) is 12.2 Å². The van der Waals surface area contributed by atoms with E-state index >= 15 is 0 Å². The Labute approximate surface area is 105 Å². The number of hydrogen-bond acceptors (Lipinski definition) is 4. The summed E-state index contributed by atoms with van der Waals surface area (Å²) in [6, 6.07) is 1.83. The molecule has 0 unspecified atom stereocenters. The minimum absolute atomic E-state index is 0.00982. The number of carbonyl (C=O) groups is 2. The van der Waals surface area contributed by atoms with Gasteiger partial charge in [-0.2, -0.15) is 5.10 Å². The highest BCUT2D eigenvalue weighted by Crippen LogP contribution is 2.14. The third-order valence-electron chi connectivity index (χ3n) is 2.88. The Balaban J connectivity index is 1.96. The molecule has 0 aliphatic carbocycles. The maximum absolute atomic E-state index is 11.7. The second-order valence-electron chi connectivity index (χ2n) is 4.15. The first-order chi connectivity index (χ1) is 8.70. The summed E-state index contributed by atoms with van der Waals surface area (Å²) < 4.78 is 0. The van der Waals surface area contributed by atoms with Crippen molar-refractivity contribution in [3.63, 3.8) is 0 Å². The van der Waals surface area contributed by atoms with E-state index in [9.17, 15) is 9.59 Å². The molecular formula is C11H17N5O2. The summed E-state index contributed by atoms with van der Waals surface area (Å²) in [5, 5.41) is 12.5. The summed E-state index contributed by atoms with van der Waals surface area (Å²) in [4.78, 5) is 24.4. The smallest absolute Gasteiger partial charge is 0.242 e. The van der Waals surface area contributed by atoms with E-state index < -0.39 is 0 Å². The van der Waals surface area contributed by atoms with E-state index in [-0.39, 0.29) is 11.8 Å². The van der Waals surface area contributed by atoms with Crippen LogP contribution in [0, 0.1) is 0 Å². The molecular weight excluding hydrogens is 234 g/mol. The van der Waals surface area contributed by atoms with Crippen LogP contribution >= 0.6 is 0 Å². The number of carbonyl (C=O) groups excluding carboxylic acids is 2. The normalized spacial score (nSPS) is 15.8. The average Bonchev–Trinajstić information content (AvgIpc) is 2.85. The van der Waals surface area contributed by atoms with Crippen LogP contribution in [-0.4, -0.2) is 48.7 Å². The van der Waals surface area contributed by atoms with Gasteiger partial charge < -0.3 is 10.6 Å². The Kier molecular flexibility index (Phi) is 3.93. The highest BCUT2D eigenvalue weighted by molar-refractivity contribution is 5.94. The van der Waals surface area contributed by atoms with Crippen molar-refractivity contribution in [2.24, 2.45) is 0 Å². The van der Waals surface area contributed by atoms with Gasteiger partial charge in [-0.05, 0) is 6.42 Å². The fourth-order valence-corrected chi connectivity index (χ4v) is 1.84. The minimum Gasteiger partial charge on any atom is -0.359 e. The third kappa shape index (κ3) is 2.86.